The van der Waals surface area contributed by atoms with Gasteiger partial charge in [-0.3, -0.25) is 0 Å². The summed E-state index contributed by atoms with van der Waals surface area (Å²) >= 11 is 0. The van der Waals surface area contributed by atoms with Gasteiger partial charge in [0.2, 0.25) is 0 Å². The molecule has 1 aromatic rings. The molecular weight excluding hydrogens is 202 g/mol. The third-order valence-electron chi connectivity index (χ3n) is 2.75. The number of aliphatic hydroxyl groups is 1. The maximum Gasteiger partial charge on any atom is 0.132 e. The minimum absolute atomic E-state index is 0.227. The van der Waals surface area contributed by atoms with Crippen LogP contribution in [-0.2, 0) is 10.3 Å². The van der Waals surface area contributed by atoms with E-state index >= 15 is 0 Å². The Hall–Kier alpha value is -1.00. The Morgan fingerprint density at radius 3 is 2.20 bits per heavy atom. The first-order valence-corrected chi connectivity index (χ1v) is 4.88. The summed E-state index contributed by atoms with van der Waals surface area (Å²) in [5.41, 5.74) is -1.65. The maximum absolute atomic E-state index is 13.4. The van der Waals surface area contributed by atoms with E-state index in [4.69, 9.17) is 4.74 Å². The SMILES string of the molecule is OC1(c2c(F)cccc2F)CCOCC1. The molecule has 0 radical (unpaired) electrons. The predicted octanol–water partition coefficient (Wildman–Crippen LogP) is 1.96. The standard InChI is InChI=1S/C11H12F2O2/c12-8-2-1-3-9(13)10(8)11(14)4-6-15-7-5-11/h1-3,14H,4-7H2. The van der Waals surface area contributed by atoms with E-state index in [2.05, 4.69) is 0 Å². The predicted molar refractivity (Wildman–Crippen MR) is 50.3 cm³/mol. The highest BCUT2D eigenvalue weighted by Gasteiger charge is 2.36. The van der Waals surface area contributed by atoms with Crippen LogP contribution >= 0.6 is 0 Å². The Morgan fingerprint density at radius 2 is 1.67 bits per heavy atom. The monoisotopic (exact) mass is 214 g/mol. The Morgan fingerprint density at radius 1 is 1.13 bits per heavy atom. The summed E-state index contributed by atoms with van der Waals surface area (Å²) in [6.07, 6.45) is 0.454. The van der Waals surface area contributed by atoms with Gasteiger partial charge in [-0.1, -0.05) is 6.07 Å². The van der Waals surface area contributed by atoms with E-state index < -0.39 is 17.2 Å². The first-order valence-electron chi connectivity index (χ1n) is 4.88. The third-order valence-corrected chi connectivity index (χ3v) is 2.75. The first kappa shape index (κ1) is 10.5. The van der Waals surface area contributed by atoms with E-state index in [1.54, 1.807) is 0 Å². The minimum Gasteiger partial charge on any atom is -0.385 e. The number of halogens is 2. The Bertz CT molecular complexity index is 339. The second-order valence-corrected chi connectivity index (χ2v) is 3.74. The molecule has 0 aliphatic carbocycles. The molecule has 0 atom stereocenters. The van der Waals surface area contributed by atoms with Crippen molar-refractivity contribution in [3.05, 3.63) is 35.4 Å². The number of hydrogen-bond donors (Lipinski definition) is 1. The normalized spacial score (nSPS) is 20.2. The van der Waals surface area contributed by atoms with Crippen LogP contribution in [0.4, 0.5) is 8.78 Å². The lowest BCUT2D eigenvalue weighted by atomic mass is 9.86. The zero-order valence-corrected chi connectivity index (χ0v) is 8.17. The molecule has 0 aromatic heterocycles. The molecule has 4 heteroatoms. The van der Waals surface area contributed by atoms with Crippen molar-refractivity contribution in [1.82, 2.24) is 0 Å². The van der Waals surface area contributed by atoms with Crippen molar-refractivity contribution in [2.24, 2.45) is 0 Å². The number of ether oxygens (including phenoxy) is 1. The zero-order chi connectivity index (χ0) is 10.9. The molecule has 1 N–H and O–H groups in total. The summed E-state index contributed by atoms with van der Waals surface area (Å²) in [7, 11) is 0. The lowest BCUT2D eigenvalue weighted by Crippen LogP contribution is -2.35. The summed E-state index contributed by atoms with van der Waals surface area (Å²) in [6.45, 7) is 0.647. The molecule has 1 heterocycles. The highest BCUT2D eigenvalue weighted by atomic mass is 19.1. The van der Waals surface area contributed by atoms with E-state index in [0.717, 1.165) is 12.1 Å². The van der Waals surface area contributed by atoms with Gasteiger partial charge in [-0.15, -0.1) is 0 Å². The van der Waals surface area contributed by atoms with Crippen LogP contribution in [0.15, 0.2) is 18.2 Å². The van der Waals surface area contributed by atoms with Crippen LogP contribution in [0.2, 0.25) is 0 Å². The van der Waals surface area contributed by atoms with E-state index in [0.29, 0.717) is 13.2 Å². The van der Waals surface area contributed by atoms with Gasteiger partial charge < -0.3 is 9.84 Å². The van der Waals surface area contributed by atoms with Gasteiger partial charge in [0.1, 0.15) is 11.6 Å². The summed E-state index contributed by atoms with van der Waals surface area (Å²) < 4.78 is 31.9. The van der Waals surface area contributed by atoms with Crippen molar-refractivity contribution >= 4 is 0 Å². The first-order chi connectivity index (χ1) is 7.13. The molecule has 1 aliphatic heterocycles. The van der Waals surface area contributed by atoms with Gasteiger partial charge in [0.15, 0.2) is 0 Å². The largest absolute Gasteiger partial charge is 0.385 e. The van der Waals surface area contributed by atoms with Crippen molar-refractivity contribution < 1.29 is 18.6 Å². The Labute approximate surface area is 86.5 Å². The van der Waals surface area contributed by atoms with Crippen LogP contribution in [0.25, 0.3) is 0 Å². The maximum atomic E-state index is 13.4. The summed E-state index contributed by atoms with van der Waals surface area (Å²) in [6, 6.07) is 3.61. The van der Waals surface area contributed by atoms with Crippen molar-refractivity contribution in [3.8, 4) is 0 Å². The fraction of sp³-hybridized carbons (Fsp3) is 0.455. The summed E-state index contributed by atoms with van der Waals surface area (Å²) in [4.78, 5) is 0. The molecule has 2 nitrogen and oxygen atoms in total. The molecule has 82 valence electrons. The van der Waals surface area contributed by atoms with Gasteiger partial charge >= 0.3 is 0 Å². The van der Waals surface area contributed by atoms with Gasteiger partial charge in [-0.05, 0) is 12.1 Å². The van der Waals surface area contributed by atoms with E-state index in [1.165, 1.54) is 6.07 Å². The molecule has 1 aliphatic rings. The second kappa shape index (κ2) is 3.87. The van der Waals surface area contributed by atoms with E-state index in [1.807, 2.05) is 0 Å². The number of benzene rings is 1. The molecule has 1 fully saturated rings. The highest BCUT2D eigenvalue weighted by Crippen LogP contribution is 2.34. The molecule has 0 amide bonds. The lowest BCUT2D eigenvalue weighted by molar-refractivity contribution is -0.0717. The topological polar surface area (TPSA) is 29.5 Å². The minimum atomic E-state index is -1.42. The smallest absolute Gasteiger partial charge is 0.132 e. The van der Waals surface area contributed by atoms with Crippen molar-refractivity contribution in [2.75, 3.05) is 13.2 Å². The third kappa shape index (κ3) is 1.87. The van der Waals surface area contributed by atoms with Gasteiger partial charge in [0.25, 0.3) is 0 Å². The molecule has 0 unspecified atom stereocenters. The van der Waals surface area contributed by atoms with Crippen molar-refractivity contribution in [1.29, 1.82) is 0 Å². The van der Waals surface area contributed by atoms with Gasteiger partial charge in [0, 0.05) is 26.1 Å². The van der Waals surface area contributed by atoms with E-state index in [9.17, 15) is 13.9 Å². The van der Waals surface area contributed by atoms with Crippen LogP contribution in [0.3, 0.4) is 0 Å². The number of hydrogen-bond acceptors (Lipinski definition) is 2. The molecule has 0 bridgehead atoms. The molecule has 0 spiro atoms. The molecule has 1 saturated heterocycles. The second-order valence-electron chi connectivity index (χ2n) is 3.74. The molecular formula is C11H12F2O2. The van der Waals surface area contributed by atoms with Crippen LogP contribution in [-0.4, -0.2) is 18.3 Å². The van der Waals surface area contributed by atoms with Crippen molar-refractivity contribution in [3.63, 3.8) is 0 Å². The van der Waals surface area contributed by atoms with Gasteiger partial charge in [-0.25, -0.2) is 8.78 Å². The average Bonchev–Trinajstić information content (AvgIpc) is 2.18. The fourth-order valence-corrected chi connectivity index (χ4v) is 1.90. The Balaban J connectivity index is 2.42. The summed E-state index contributed by atoms with van der Waals surface area (Å²) in [5.74, 6) is -1.39. The average molecular weight is 214 g/mol. The lowest BCUT2D eigenvalue weighted by Gasteiger charge is -2.32. The molecule has 0 saturated carbocycles. The quantitative estimate of drug-likeness (QED) is 0.774. The Kier molecular flexibility index (Phi) is 2.71. The van der Waals surface area contributed by atoms with Crippen LogP contribution in [0.5, 0.6) is 0 Å². The summed E-state index contributed by atoms with van der Waals surface area (Å²) in [5, 5.41) is 10.1. The molecule has 15 heavy (non-hydrogen) atoms. The van der Waals surface area contributed by atoms with Crippen molar-refractivity contribution in [2.45, 2.75) is 18.4 Å². The van der Waals surface area contributed by atoms with E-state index in [-0.39, 0.29) is 18.4 Å². The fourth-order valence-electron chi connectivity index (χ4n) is 1.90. The molecule has 1 aromatic carbocycles. The highest BCUT2D eigenvalue weighted by molar-refractivity contribution is 5.26. The van der Waals surface area contributed by atoms with Gasteiger partial charge in [0.05, 0.1) is 11.2 Å². The zero-order valence-electron chi connectivity index (χ0n) is 8.17. The molecule has 2 rings (SSSR count). The number of rotatable bonds is 1. The van der Waals surface area contributed by atoms with Crippen LogP contribution in [0, 0.1) is 11.6 Å². The van der Waals surface area contributed by atoms with Gasteiger partial charge in [-0.2, -0.15) is 0 Å². The van der Waals surface area contributed by atoms with Crippen LogP contribution < -0.4 is 0 Å². The van der Waals surface area contributed by atoms with Crippen LogP contribution in [0.1, 0.15) is 18.4 Å².